The molecule has 0 aliphatic carbocycles. The van der Waals surface area contributed by atoms with Crippen LogP contribution >= 0.6 is 23.5 Å². The van der Waals surface area contributed by atoms with Crippen LogP contribution in [0.4, 0.5) is 0 Å². The van der Waals surface area contributed by atoms with Gasteiger partial charge in [-0.15, -0.1) is 0 Å². The third kappa shape index (κ3) is 3.84. The van der Waals surface area contributed by atoms with Crippen LogP contribution in [0.15, 0.2) is 0 Å². The van der Waals surface area contributed by atoms with E-state index < -0.39 is 0 Å². The topological polar surface area (TPSA) is 15.3 Å². The maximum atomic E-state index is 3.61. The third-order valence-corrected chi connectivity index (χ3v) is 5.63. The van der Waals surface area contributed by atoms with Crippen molar-refractivity contribution in [2.45, 2.75) is 24.9 Å². The predicted octanol–water partition coefficient (Wildman–Crippen LogP) is 1.52. The molecule has 2 nitrogen and oxygen atoms in total. The van der Waals surface area contributed by atoms with E-state index in [9.17, 15) is 0 Å². The minimum atomic E-state index is 0.764. The normalized spacial score (nSPS) is 32.4. The molecule has 0 radical (unpaired) electrons. The van der Waals surface area contributed by atoms with Gasteiger partial charge in [0.15, 0.2) is 0 Å². The molecule has 0 spiro atoms. The highest BCUT2D eigenvalue weighted by Gasteiger charge is 2.21. The SMILES string of the molecule is CN(CCC1CSCCN1)C1CCSC1. The number of nitrogens with one attached hydrogen (secondary N) is 1. The second kappa shape index (κ2) is 6.38. The molecule has 2 aliphatic heterocycles. The van der Waals surface area contributed by atoms with E-state index in [0.29, 0.717) is 0 Å². The van der Waals surface area contributed by atoms with Crippen LogP contribution in [0.1, 0.15) is 12.8 Å². The van der Waals surface area contributed by atoms with Gasteiger partial charge >= 0.3 is 0 Å². The summed E-state index contributed by atoms with van der Waals surface area (Å²) in [4.78, 5) is 2.57. The first-order valence-electron chi connectivity index (χ1n) is 5.95. The van der Waals surface area contributed by atoms with Crippen molar-refractivity contribution in [2.24, 2.45) is 0 Å². The van der Waals surface area contributed by atoms with Crippen molar-refractivity contribution in [3.05, 3.63) is 0 Å². The molecule has 0 saturated carbocycles. The van der Waals surface area contributed by atoms with Crippen molar-refractivity contribution in [1.29, 1.82) is 0 Å². The lowest BCUT2D eigenvalue weighted by atomic mass is 10.2. The molecule has 88 valence electrons. The second-order valence-corrected chi connectivity index (χ2v) is 6.81. The van der Waals surface area contributed by atoms with Crippen molar-refractivity contribution in [3.63, 3.8) is 0 Å². The average Bonchev–Trinajstić information content (AvgIpc) is 2.81. The lowest BCUT2D eigenvalue weighted by Gasteiger charge is -2.28. The van der Waals surface area contributed by atoms with Gasteiger partial charge in [0.05, 0.1) is 0 Å². The van der Waals surface area contributed by atoms with Crippen LogP contribution in [-0.4, -0.2) is 60.1 Å². The summed E-state index contributed by atoms with van der Waals surface area (Å²) in [7, 11) is 2.30. The minimum absolute atomic E-state index is 0.764. The third-order valence-electron chi connectivity index (χ3n) is 3.36. The van der Waals surface area contributed by atoms with E-state index in [1.807, 2.05) is 0 Å². The van der Waals surface area contributed by atoms with Crippen LogP contribution in [0.25, 0.3) is 0 Å². The summed E-state index contributed by atoms with van der Waals surface area (Å²) >= 11 is 4.21. The van der Waals surface area contributed by atoms with Gasteiger partial charge in [-0.2, -0.15) is 23.5 Å². The van der Waals surface area contributed by atoms with Crippen molar-refractivity contribution in [1.82, 2.24) is 10.2 Å². The molecule has 2 saturated heterocycles. The van der Waals surface area contributed by atoms with Crippen molar-refractivity contribution in [2.75, 3.05) is 43.1 Å². The summed E-state index contributed by atoms with van der Waals surface area (Å²) in [5.74, 6) is 5.33. The van der Waals surface area contributed by atoms with Crippen LogP contribution in [0.5, 0.6) is 0 Å². The Morgan fingerprint density at radius 2 is 2.13 bits per heavy atom. The lowest BCUT2D eigenvalue weighted by molar-refractivity contribution is 0.249. The van der Waals surface area contributed by atoms with Gasteiger partial charge in [-0.25, -0.2) is 0 Å². The Morgan fingerprint density at radius 3 is 2.80 bits per heavy atom. The molecule has 0 aromatic carbocycles. The first-order chi connectivity index (χ1) is 7.36. The molecule has 2 aliphatic rings. The molecule has 0 amide bonds. The monoisotopic (exact) mass is 246 g/mol. The fourth-order valence-electron chi connectivity index (χ4n) is 2.22. The molecule has 2 fully saturated rings. The fraction of sp³-hybridized carbons (Fsp3) is 1.00. The molecule has 15 heavy (non-hydrogen) atoms. The summed E-state index contributed by atoms with van der Waals surface area (Å²) < 4.78 is 0. The highest BCUT2D eigenvalue weighted by atomic mass is 32.2. The second-order valence-electron chi connectivity index (χ2n) is 4.51. The average molecular weight is 246 g/mol. The first-order valence-corrected chi connectivity index (χ1v) is 8.26. The molecule has 2 unspecified atom stereocenters. The van der Waals surface area contributed by atoms with Gasteiger partial charge in [0.25, 0.3) is 0 Å². The molecule has 0 aromatic heterocycles. The van der Waals surface area contributed by atoms with Crippen molar-refractivity contribution < 1.29 is 0 Å². The summed E-state index contributed by atoms with van der Waals surface area (Å²) in [6.07, 6.45) is 2.72. The predicted molar refractivity (Wildman–Crippen MR) is 72.1 cm³/mol. The van der Waals surface area contributed by atoms with Crippen LogP contribution in [-0.2, 0) is 0 Å². The van der Waals surface area contributed by atoms with Gasteiger partial charge in [-0.3, -0.25) is 0 Å². The number of hydrogen-bond acceptors (Lipinski definition) is 4. The minimum Gasteiger partial charge on any atom is -0.312 e. The Labute approximate surface area is 102 Å². The zero-order chi connectivity index (χ0) is 10.5. The molecular formula is C11H22N2S2. The number of thioether (sulfide) groups is 2. The quantitative estimate of drug-likeness (QED) is 0.808. The first kappa shape index (κ1) is 12.1. The van der Waals surface area contributed by atoms with Gasteiger partial charge in [0.2, 0.25) is 0 Å². The molecule has 2 atom stereocenters. The molecule has 2 rings (SSSR count). The maximum absolute atomic E-state index is 3.61. The van der Waals surface area contributed by atoms with Gasteiger partial charge in [0, 0.05) is 35.9 Å². The molecule has 1 N–H and O–H groups in total. The van der Waals surface area contributed by atoms with E-state index in [1.165, 1.54) is 48.9 Å². The van der Waals surface area contributed by atoms with Crippen molar-refractivity contribution in [3.8, 4) is 0 Å². The zero-order valence-corrected chi connectivity index (χ0v) is 11.2. The summed E-state index contributed by atoms with van der Waals surface area (Å²) in [5, 5.41) is 3.61. The fourth-order valence-corrected chi connectivity index (χ4v) is 4.51. The van der Waals surface area contributed by atoms with E-state index in [1.54, 1.807) is 0 Å². The summed E-state index contributed by atoms with van der Waals surface area (Å²) in [5.41, 5.74) is 0. The summed E-state index contributed by atoms with van der Waals surface area (Å²) in [6.45, 7) is 2.47. The number of nitrogens with zero attached hydrogens (tertiary/aromatic N) is 1. The van der Waals surface area contributed by atoms with Crippen LogP contribution in [0.3, 0.4) is 0 Å². The highest BCUT2D eigenvalue weighted by Crippen LogP contribution is 2.21. The Morgan fingerprint density at radius 1 is 1.27 bits per heavy atom. The number of rotatable bonds is 4. The Balaban J connectivity index is 1.63. The van der Waals surface area contributed by atoms with Gasteiger partial charge < -0.3 is 10.2 Å². The van der Waals surface area contributed by atoms with E-state index in [2.05, 4.69) is 40.8 Å². The van der Waals surface area contributed by atoms with E-state index in [4.69, 9.17) is 0 Å². The van der Waals surface area contributed by atoms with Crippen LogP contribution in [0.2, 0.25) is 0 Å². The van der Waals surface area contributed by atoms with Crippen LogP contribution < -0.4 is 5.32 Å². The lowest BCUT2D eigenvalue weighted by Crippen LogP contribution is -2.41. The zero-order valence-electron chi connectivity index (χ0n) is 9.58. The molecule has 2 heterocycles. The van der Waals surface area contributed by atoms with E-state index in [-0.39, 0.29) is 0 Å². The highest BCUT2D eigenvalue weighted by molar-refractivity contribution is 7.99. The molecule has 0 aromatic rings. The van der Waals surface area contributed by atoms with E-state index >= 15 is 0 Å². The smallest absolute Gasteiger partial charge is 0.0191 e. The van der Waals surface area contributed by atoms with Crippen molar-refractivity contribution >= 4 is 23.5 Å². The van der Waals surface area contributed by atoms with E-state index in [0.717, 1.165) is 12.1 Å². The standard InChI is InChI=1S/C11H22N2S2/c1-13(11-3-6-14-9-11)5-2-10-8-15-7-4-12-10/h10-12H,2-9H2,1H3. The molecule has 4 heteroatoms. The van der Waals surface area contributed by atoms with Gasteiger partial charge in [-0.1, -0.05) is 0 Å². The number of hydrogen-bond donors (Lipinski definition) is 1. The molecule has 0 bridgehead atoms. The Kier molecular flexibility index (Phi) is 5.14. The maximum Gasteiger partial charge on any atom is 0.0191 e. The Bertz CT molecular complexity index is 177. The molecular weight excluding hydrogens is 224 g/mol. The Hall–Kier alpha value is 0.620. The summed E-state index contributed by atoms with van der Waals surface area (Å²) in [6, 6.07) is 1.62. The van der Waals surface area contributed by atoms with Crippen LogP contribution in [0, 0.1) is 0 Å². The van der Waals surface area contributed by atoms with Gasteiger partial charge in [-0.05, 0) is 32.2 Å². The largest absolute Gasteiger partial charge is 0.312 e. The van der Waals surface area contributed by atoms with Gasteiger partial charge in [0.1, 0.15) is 0 Å².